The van der Waals surface area contributed by atoms with Crippen molar-refractivity contribution in [3.8, 4) is 16.5 Å². The minimum atomic E-state index is -4.30. The Hall–Kier alpha value is -2.96. The molecule has 1 aromatic heterocycles. The van der Waals surface area contributed by atoms with Crippen LogP contribution in [0.1, 0.15) is 35.3 Å². The highest BCUT2D eigenvalue weighted by Gasteiger charge is 2.27. The van der Waals surface area contributed by atoms with Gasteiger partial charge in [0.1, 0.15) is 0 Å². The average molecular weight is 529 g/mol. The van der Waals surface area contributed by atoms with E-state index >= 15 is 0 Å². The Morgan fingerprint density at radius 2 is 1.80 bits per heavy atom. The summed E-state index contributed by atoms with van der Waals surface area (Å²) >= 11 is 1.07. The van der Waals surface area contributed by atoms with Crippen LogP contribution in [0.5, 0.6) is 5.19 Å². The number of halogens is 3. The molecule has 3 aromatic rings. The van der Waals surface area contributed by atoms with E-state index in [4.69, 9.17) is 4.74 Å². The van der Waals surface area contributed by atoms with Crippen LogP contribution in [0, 0.1) is 0 Å². The smallest absolute Gasteiger partial charge is 0.392 e. The zero-order valence-electron chi connectivity index (χ0n) is 18.6. The third kappa shape index (κ3) is 7.26. The molecule has 1 amide bonds. The van der Waals surface area contributed by atoms with Crippen molar-refractivity contribution in [2.45, 2.75) is 30.5 Å². The molecule has 0 aliphatic carbocycles. The Bertz CT molecular complexity index is 1240. The van der Waals surface area contributed by atoms with Crippen LogP contribution in [0.25, 0.3) is 11.3 Å². The number of aliphatic hydroxyl groups is 1. The van der Waals surface area contributed by atoms with Crippen molar-refractivity contribution in [1.82, 2.24) is 10.3 Å². The second kappa shape index (κ2) is 11.2. The molecule has 7 nitrogen and oxygen atoms in total. The Morgan fingerprint density at radius 3 is 2.37 bits per heavy atom. The van der Waals surface area contributed by atoms with Gasteiger partial charge in [-0.15, -0.1) is 0 Å². The number of rotatable bonds is 10. The van der Waals surface area contributed by atoms with Crippen molar-refractivity contribution >= 4 is 27.1 Å². The molecule has 0 radical (unpaired) electrons. The third-order valence-corrected chi connectivity index (χ3v) is 7.55. The van der Waals surface area contributed by atoms with Gasteiger partial charge >= 0.3 is 6.18 Å². The summed E-state index contributed by atoms with van der Waals surface area (Å²) in [5.41, 5.74) is 2.01. The van der Waals surface area contributed by atoms with Crippen LogP contribution in [0.3, 0.4) is 0 Å². The van der Waals surface area contributed by atoms with E-state index in [1.165, 1.54) is 12.1 Å². The van der Waals surface area contributed by atoms with Crippen LogP contribution >= 0.6 is 11.3 Å². The van der Waals surface area contributed by atoms with E-state index in [2.05, 4.69) is 10.3 Å². The molecule has 0 aliphatic rings. The van der Waals surface area contributed by atoms with Crippen molar-refractivity contribution in [2.24, 2.45) is 0 Å². The highest BCUT2D eigenvalue weighted by molar-refractivity contribution is 7.91. The number of hydrogen-bond donors (Lipinski definition) is 2. The van der Waals surface area contributed by atoms with Gasteiger partial charge in [0.2, 0.25) is 0 Å². The number of sulfone groups is 1. The summed E-state index contributed by atoms with van der Waals surface area (Å²) in [7, 11) is -3.36. The largest absolute Gasteiger partial charge is 0.470 e. The Balaban J connectivity index is 1.63. The number of amides is 1. The number of ether oxygens (including phenoxy) is 1. The van der Waals surface area contributed by atoms with Gasteiger partial charge in [-0.25, -0.2) is 13.4 Å². The first kappa shape index (κ1) is 26.6. The number of alkyl halides is 3. The van der Waals surface area contributed by atoms with Gasteiger partial charge in [0, 0.05) is 16.5 Å². The second-order valence-corrected chi connectivity index (χ2v) is 10.6. The van der Waals surface area contributed by atoms with Crippen LogP contribution in [-0.4, -0.2) is 49.6 Å². The third-order valence-electron chi connectivity index (χ3n) is 5.05. The molecule has 2 N–H and O–H groups in total. The molecule has 0 fully saturated rings. The number of nitrogens with one attached hydrogen (secondary N) is 1. The van der Waals surface area contributed by atoms with Crippen molar-refractivity contribution in [1.29, 1.82) is 0 Å². The van der Waals surface area contributed by atoms with Crippen molar-refractivity contribution < 1.29 is 36.2 Å². The Kier molecular flexibility index (Phi) is 8.51. The van der Waals surface area contributed by atoms with Gasteiger partial charge in [-0.3, -0.25) is 4.79 Å². The summed E-state index contributed by atoms with van der Waals surface area (Å²) < 4.78 is 65.7. The minimum Gasteiger partial charge on any atom is -0.470 e. The van der Waals surface area contributed by atoms with Gasteiger partial charge in [0.05, 0.1) is 42.0 Å². The van der Waals surface area contributed by atoms with E-state index < -0.39 is 41.0 Å². The first-order valence-electron chi connectivity index (χ1n) is 10.5. The summed E-state index contributed by atoms with van der Waals surface area (Å²) in [6, 6.07) is 11.6. The standard InChI is InChI=1S/C23H23F3N2O5S2/c1-2-35(31,32)18-9-7-15(8-10-18)19(13-29)27-21(30)17-5-3-16(4-6-17)20-14-34-22(28-20)33-12-11-23(24,25)26/h3-10,14,19,29H,2,11-13H2,1H3,(H,27,30)/t19-/m0/s1. The van der Waals surface area contributed by atoms with Gasteiger partial charge in [-0.05, 0) is 29.8 Å². The fourth-order valence-electron chi connectivity index (χ4n) is 3.05. The maximum absolute atomic E-state index is 12.7. The fraction of sp³-hybridized carbons (Fsp3) is 0.304. The molecule has 1 heterocycles. The molecule has 3 rings (SSSR count). The highest BCUT2D eigenvalue weighted by Crippen LogP contribution is 2.28. The van der Waals surface area contributed by atoms with Crippen LogP contribution in [0.15, 0.2) is 58.8 Å². The van der Waals surface area contributed by atoms with Gasteiger partial charge in [-0.2, -0.15) is 13.2 Å². The van der Waals surface area contributed by atoms with Crippen LogP contribution < -0.4 is 10.1 Å². The molecule has 0 unspecified atom stereocenters. The van der Waals surface area contributed by atoms with E-state index in [0.717, 1.165) is 11.3 Å². The molecule has 0 saturated carbocycles. The number of benzene rings is 2. The lowest BCUT2D eigenvalue weighted by molar-refractivity contribution is -0.139. The maximum Gasteiger partial charge on any atom is 0.392 e. The molecule has 2 aromatic carbocycles. The molecule has 12 heteroatoms. The molecule has 1 atom stereocenters. The number of carbonyl (C=O) groups is 1. The predicted octanol–water partition coefficient (Wildman–Crippen LogP) is 4.40. The Labute approximate surface area is 204 Å². The summed E-state index contributed by atoms with van der Waals surface area (Å²) in [4.78, 5) is 17.0. The number of aliphatic hydroxyl groups excluding tert-OH is 1. The average Bonchev–Trinajstić information content (AvgIpc) is 3.30. The number of hydrogen-bond acceptors (Lipinski definition) is 7. The van der Waals surface area contributed by atoms with E-state index in [1.807, 2.05) is 0 Å². The molecular weight excluding hydrogens is 505 g/mol. The van der Waals surface area contributed by atoms with E-state index in [9.17, 15) is 31.5 Å². The van der Waals surface area contributed by atoms with Crippen LogP contribution in [0.4, 0.5) is 13.2 Å². The van der Waals surface area contributed by atoms with Crippen molar-refractivity contribution in [3.63, 3.8) is 0 Å². The minimum absolute atomic E-state index is 0.0319. The number of carbonyl (C=O) groups excluding carboxylic acids is 1. The summed E-state index contributed by atoms with van der Waals surface area (Å²) in [6.45, 7) is 0.642. The van der Waals surface area contributed by atoms with Gasteiger partial charge < -0.3 is 15.2 Å². The summed E-state index contributed by atoms with van der Waals surface area (Å²) in [5.74, 6) is -0.481. The highest BCUT2D eigenvalue weighted by atomic mass is 32.2. The summed E-state index contributed by atoms with van der Waals surface area (Å²) in [6.07, 6.45) is -5.37. The topological polar surface area (TPSA) is 106 Å². The molecular formula is C23H23F3N2O5S2. The first-order valence-corrected chi connectivity index (χ1v) is 13.1. The predicted molar refractivity (Wildman–Crippen MR) is 125 cm³/mol. The lowest BCUT2D eigenvalue weighted by Crippen LogP contribution is -2.30. The molecule has 188 valence electrons. The van der Waals surface area contributed by atoms with E-state index in [1.54, 1.807) is 48.7 Å². The molecule has 35 heavy (non-hydrogen) atoms. The molecule has 0 aliphatic heterocycles. The number of aromatic nitrogens is 1. The summed E-state index contributed by atoms with van der Waals surface area (Å²) in [5, 5.41) is 14.2. The quantitative estimate of drug-likeness (QED) is 0.404. The van der Waals surface area contributed by atoms with E-state index in [-0.39, 0.29) is 22.4 Å². The van der Waals surface area contributed by atoms with Gasteiger partial charge in [0.15, 0.2) is 9.84 Å². The molecule has 0 saturated heterocycles. The van der Waals surface area contributed by atoms with Gasteiger partial charge in [0.25, 0.3) is 11.1 Å². The van der Waals surface area contributed by atoms with Crippen molar-refractivity contribution in [2.75, 3.05) is 19.0 Å². The van der Waals surface area contributed by atoms with Crippen molar-refractivity contribution in [3.05, 3.63) is 65.0 Å². The van der Waals surface area contributed by atoms with Crippen LogP contribution in [0.2, 0.25) is 0 Å². The number of nitrogens with zero attached hydrogens (tertiary/aromatic N) is 1. The zero-order chi connectivity index (χ0) is 25.6. The monoisotopic (exact) mass is 528 g/mol. The zero-order valence-corrected chi connectivity index (χ0v) is 20.2. The number of thiazole rings is 1. The SMILES string of the molecule is CCS(=O)(=O)c1ccc([C@H](CO)NC(=O)c2ccc(-c3csc(OCCC(F)(F)F)n3)cc2)cc1. The second-order valence-electron chi connectivity index (χ2n) is 7.47. The van der Waals surface area contributed by atoms with E-state index in [0.29, 0.717) is 22.4 Å². The molecule has 0 bridgehead atoms. The first-order chi connectivity index (χ1) is 16.5. The van der Waals surface area contributed by atoms with Gasteiger partial charge in [-0.1, -0.05) is 42.5 Å². The lowest BCUT2D eigenvalue weighted by Gasteiger charge is -2.17. The normalized spacial score (nSPS) is 12.8. The van der Waals surface area contributed by atoms with Crippen LogP contribution in [-0.2, 0) is 9.84 Å². The molecule has 0 spiro atoms. The maximum atomic E-state index is 12.7. The Morgan fingerprint density at radius 1 is 1.14 bits per heavy atom. The fourth-order valence-corrected chi connectivity index (χ4v) is 4.64. The lowest BCUT2D eigenvalue weighted by atomic mass is 10.1.